The summed E-state index contributed by atoms with van der Waals surface area (Å²) in [7, 11) is 1.97. The zero-order valence-electron chi connectivity index (χ0n) is 13.8. The first-order valence-corrected chi connectivity index (χ1v) is 8.43. The molecule has 128 valence electrons. The first-order valence-electron chi connectivity index (χ1n) is 8.43. The fourth-order valence-corrected chi connectivity index (χ4v) is 3.56. The van der Waals surface area contributed by atoms with Gasteiger partial charge in [-0.25, -0.2) is 0 Å². The highest BCUT2D eigenvalue weighted by molar-refractivity contribution is 5.43. The molecule has 0 amide bonds. The third-order valence-corrected chi connectivity index (χ3v) is 5.14. The lowest BCUT2D eigenvalue weighted by Crippen LogP contribution is -2.32. The predicted octanol–water partition coefficient (Wildman–Crippen LogP) is 0.217. The summed E-state index contributed by atoms with van der Waals surface area (Å²) in [6, 6.07) is 0.459. The second-order valence-electron chi connectivity index (χ2n) is 6.76. The molecule has 1 atom stereocenters. The smallest absolute Gasteiger partial charge is 0.232 e. The Hall–Kier alpha value is -1.67. The molecule has 0 bridgehead atoms. The third-order valence-electron chi connectivity index (χ3n) is 5.14. The lowest BCUT2D eigenvalue weighted by molar-refractivity contribution is 0.142. The minimum absolute atomic E-state index is 0.0492. The Morgan fingerprint density at radius 3 is 2.74 bits per heavy atom. The first kappa shape index (κ1) is 16.2. The van der Waals surface area contributed by atoms with E-state index in [9.17, 15) is 5.11 Å². The van der Waals surface area contributed by atoms with Gasteiger partial charge in [-0.2, -0.15) is 15.0 Å². The van der Waals surface area contributed by atoms with Crippen LogP contribution in [0, 0.1) is 5.41 Å². The van der Waals surface area contributed by atoms with Gasteiger partial charge in [0.15, 0.2) is 0 Å². The van der Waals surface area contributed by atoms with E-state index in [-0.39, 0.29) is 18.0 Å². The summed E-state index contributed by atoms with van der Waals surface area (Å²) < 4.78 is 0. The SMILES string of the molecule is CN[C@@H]1CCN(c2nc(N)nc(NCC3(CO)CCCC3)n2)C1. The molecule has 2 heterocycles. The van der Waals surface area contributed by atoms with E-state index in [1.807, 2.05) is 7.05 Å². The predicted molar refractivity (Wildman–Crippen MR) is 90.4 cm³/mol. The molecule has 8 heteroatoms. The second-order valence-corrected chi connectivity index (χ2v) is 6.76. The number of nitrogen functional groups attached to an aromatic ring is 1. The van der Waals surface area contributed by atoms with Crippen LogP contribution in [0.3, 0.4) is 0 Å². The molecule has 1 aliphatic heterocycles. The van der Waals surface area contributed by atoms with Gasteiger partial charge >= 0.3 is 0 Å². The van der Waals surface area contributed by atoms with Crippen LogP contribution in [0.15, 0.2) is 0 Å². The van der Waals surface area contributed by atoms with Crippen molar-refractivity contribution >= 4 is 17.8 Å². The lowest BCUT2D eigenvalue weighted by Gasteiger charge is -2.26. The van der Waals surface area contributed by atoms with Crippen molar-refractivity contribution in [2.24, 2.45) is 5.41 Å². The fraction of sp³-hybridized carbons (Fsp3) is 0.800. The maximum absolute atomic E-state index is 9.70. The summed E-state index contributed by atoms with van der Waals surface area (Å²) in [5.41, 5.74) is 5.80. The van der Waals surface area contributed by atoms with E-state index in [1.165, 1.54) is 12.8 Å². The van der Waals surface area contributed by atoms with Gasteiger partial charge in [0, 0.05) is 31.1 Å². The highest BCUT2D eigenvalue weighted by Gasteiger charge is 2.33. The van der Waals surface area contributed by atoms with Crippen LogP contribution >= 0.6 is 0 Å². The van der Waals surface area contributed by atoms with Gasteiger partial charge in [0.2, 0.25) is 17.8 Å². The number of aliphatic hydroxyl groups is 1. The third kappa shape index (κ3) is 3.64. The van der Waals surface area contributed by atoms with E-state index >= 15 is 0 Å². The van der Waals surface area contributed by atoms with Crippen molar-refractivity contribution in [3.63, 3.8) is 0 Å². The number of rotatable bonds is 6. The molecule has 0 aromatic carbocycles. The molecule has 0 unspecified atom stereocenters. The number of likely N-dealkylation sites (N-methyl/N-ethyl adjacent to an activating group) is 1. The van der Waals surface area contributed by atoms with E-state index in [1.54, 1.807) is 0 Å². The normalized spacial score (nSPS) is 23.4. The highest BCUT2D eigenvalue weighted by Crippen LogP contribution is 2.37. The first-order chi connectivity index (χ1) is 11.1. The topological polar surface area (TPSA) is 112 Å². The Morgan fingerprint density at radius 1 is 1.30 bits per heavy atom. The van der Waals surface area contributed by atoms with Crippen LogP contribution < -0.4 is 21.3 Å². The molecule has 2 aliphatic rings. The molecule has 8 nitrogen and oxygen atoms in total. The Morgan fingerprint density at radius 2 is 2.09 bits per heavy atom. The number of nitrogens with two attached hydrogens (primary N) is 1. The largest absolute Gasteiger partial charge is 0.396 e. The molecule has 3 rings (SSSR count). The van der Waals surface area contributed by atoms with Crippen molar-refractivity contribution in [2.75, 3.05) is 49.2 Å². The van der Waals surface area contributed by atoms with Gasteiger partial charge in [-0.1, -0.05) is 12.8 Å². The maximum Gasteiger partial charge on any atom is 0.232 e. The molecule has 1 aliphatic carbocycles. The zero-order valence-corrected chi connectivity index (χ0v) is 13.8. The number of anilines is 3. The van der Waals surface area contributed by atoms with E-state index in [2.05, 4.69) is 30.5 Å². The van der Waals surface area contributed by atoms with Crippen LogP contribution in [0.1, 0.15) is 32.1 Å². The van der Waals surface area contributed by atoms with Crippen molar-refractivity contribution in [2.45, 2.75) is 38.1 Å². The minimum atomic E-state index is -0.0492. The summed E-state index contributed by atoms with van der Waals surface area (Å²) >= 11 is 0. The molecule has 2 fully saturated rings. The van der Waals surface area contributed by atoms with Crippen molar-refractivity contribution < 1.29 is 5.11 Å². The molecule has 5 N–H and O–H groups in total. The Kier molecular flexibility index (Phi) is 4.82. The van der Waals surface area contributed by atoms with Crippen LogP contribution in [0.5, 0.6) is 0 Å². The summed E-state index contributed by atoms with van der Waals surface area (Å²) in [5.74, 6) is 1.36. The van der Waals surface area contributed by atoms with Gasteiger partial charge in [-0.15, -0.1) is 0 Å². The number of nitrogens with zero attached hydrogens (tertiary/aromatic N) is 4. The molecule has 1 saturated carbocycles. The number of hydrogen-bond acceptors (Lipinski definition) is 8. The van der Waals surface area contributed by atoms with Crippen LogP contribution in [0.4, 0.5) is 17.8 Å². The van der Waals surface area contributed by atoms with Gasteiger partial charge in [-0.05, 0) is 26.3 Å². The van der Waals surface area contributed by atoms with Crippen LogP contribution in [0.2, 0.25) is 0 Å². The molecule has 0 spiro atoms. The Labute approximate surface area is 136 Å². The summed E-state index contributed by atoms with van der Waals surface area (Å²) in [5, 5.41) is 16.2. The summed E-state index contributed by atoms with van der Waals surface area (Å²) in [6.45, 7) is 2.66. The van der Waals surface area contributed by atoms with Crippen LogP contribution in [-0.4, -0.2) is 59.4 Å². The quantitative estimate of drug-likeness (QED) is 0.588. The summed E-state index contributed by atoms with van der Waals surface area (Å²) in [4.78, 5) is 15.1. The van der Waals surface area contributed by atoms with Gasteiger partial charge in [0.1, 0.15) is 0 Å². The molecule has 0 radical (unpaired) electrons. The summed E-state index contributed by atoms with van der Waals surface area (Å²) in [6.07, 6.45) is 5.50. The molecular formula is C15H27N7O. The molecule has 1 aromatic heterocycles. The Bertz CT molecular complexity index is 533. The molecule has 1 aromatic rings. The van der Waals surface area contributed by atoms with Gasteiger partial charge < -0.3 is 26.4 Å². The monoisotopic (exact) mass is 321 g/mol. The molecular weight excluding hydrogens is 294 g/mol. The van der Waals surface area contributed by atoms with Crippen molar-refractivity contribution in [1.29, 1.82) is 0 Å². The van der Waals surface area contributed by atoms with Crippen molar-refractivity contribution in [3.8, 4) is 0 Å². The number of nitrogens with one attached hydrogen (secondary N) is 2. The standard InChI is InChI=1S/C15H27N7O/c1-17-11-4-7-22(8-11)14-20-12(16)19-13(21-14)18-9-15(10-23)5-2-3-6-15/h11,17,23H,2-10H2,1H3,(H3,16,18,19,20,21)/t11-/m1/s1. The zero-order chi connectivity index (χ0) is 16.3. The van der Waals surface area contributed by atoms with Crippen LogP contribution in [0.25, 0.3) is 0 Å². The van der Waals surface area contributed by atoms with E-state index in [4.69, 9.17) is 5.73 Å². The minimum Gasteiger partial charge on any atom is -0.396 e. The highest BCUT2D eigenvalue weighted by atomic mass is 16.3. The second kappa shape index (κ2) is 6.84. The maximum atomic E-state index is 9.70. The fourth-order valence-electron chi connectivity index (χ4n) is 3.56. The van der Waals surface area contributed by atoms with Gasteiger partial charge in [0.05, 0.1) is 6.61 Å². The number of aliphatic hydroxyl groups excluding tert-OH is 1. The lowest BCUT2D eigenvalue weighted by atomic mass is 9.87. The number of aromatic nitrogens is 3. The van der Waals surface area contributed by atoms with Crippen LogP contribution in [-0.2, 0) is 0 Å². The van der Waals surface area contributed by atoms with Crippen molar-refractivity contribution in [3.05, 3.63) is 0 Å². The van der Waals surface area contributed by atoms with E-state index < -0.39 is 0 Å². The van der Waals surface area contributed by atoms with Crippen molar-refractivity contribution in [1.82, 2.24) is 20.3 Å². The average Bonchev–Trinajstić information content (AvgIpc) is 3.22. The molecule has 23 heavy (non-hydrogen) atoms. The average molecular weight is 321 g/mol. The van der Waals surface area contributed by atoms with E-state index in [0.29, 0.717) is 24.5 Å². The van der Waals surface area contributed by atoms with E-state index in [0.717, 1.165) is 32.4 Å². The Balaban J connectivity index is 1.68. The number of hydrogen-bond donors (Lipinski definition) is 4. The van der Waals surface area contributed by atoms with Gasteiger partial charge in [0.25, 0.3) is 0 Å². The molecule has 1 saturated heterocycles. The van der Waals surface area contributed by atoms with Gasteiger partial charge in [-0.3, -0.25) is 0 Å².